The molecule has 6 heteroatoms. The van der Waals surface area contributed by atoms with E-state index in [9.17, 15) is 0 Å². The lowest BCUT2D eigenvalue weighted by Crippen LogP contribution is -2.28. The summed E-state index contributed by atoms with van der Waals surface area (Å²) in [5, 5.41) is 2.67. The van der Waals surface area contributed by atoms with E-state index in [1.165, 1.54) is 63.1 Å². The zero-order valence-corrected chi connectivity index (χ0v) is 27.8. The van der Waals surface area contributed by atoms with Gasteiger partial charge in [0.25, 0.3) is 0 Å². The lowest BCUT2D eigenvalue weighted by atomic mass is 9.79. The summed E-state index contributed by atoms with van der Waals surface area (Å²) in [6.07, 6.45) is 11.4. The Morgan fingerprint density at radius 2 is 1.74 bits per heavy atom. The monoisotopic (exact) mass is 598 g/mol. The number of hydroxylamine groups is 1. The summed E-state index contributed by atoms with van der Waals surface area (Å²) in [5.41, 5.74) is 10.6. The van der Waals surface area contributed by atoms with E-state index in [0.717, 1.165) is 43.8 Å². The Labute approximate surface area is 262 Å². The van der Waals surface area contributed by atoms with Crippen molar-refractivity contribution in [2.75, 3.05) is 24.5 Å². The quantitative estimate of drug-likeness (QED) is 0.0697. The van der Waals surface area contributed by atoms with Crippen molar-refractivity contribution in [3.05, 3.63) is 89.6 Å². The largest absolute Gasteiger partial charge is 0.344 e. The maximum atomic E-state index is 5.34. The molecule has 2 aliphatic heterocycles. The molecule has 43 heavy (non-hydrogen) atoms. The highest BCUT2D eigenvalue weighted by Crippen LogP contribution is 2.49. The van der Waals surface area contributed by atoms with Crippen molar-refractivity contribution in [1.82, 2.24) is 5.48 Å². The first kappa shape index (κ1) is 31.5. The third-order valence-corrected chi connectivity index (χ3v) is 9.47. The molecule has 0 bridgehead atoms. The van der Waals surface area contributed by atoms with Gasteiger partial charge in [-0.25, -0.2) is 0 Å². The van der Waals surface area contributed by atoms with Crippen molar-refractivity contribution in [1.29, 1.82) is 0 Å². The Balaban J connectivity index is 1.48. The molecule has 0 saturated heterocycles. The van der Waals surface area contributed by atoms with Gasteiger partial charge in [0, 0.05) is 58.9 Å². The highest BCUT2D eigenvalue weighted by molar-refractivity contribution is 7.94. The summed E-state index contributed by atoms with van der Waals surface area (Å²) < 4.78 is 7.91. The molecule has 2 aliphatic rings. The third kappa shape index (κ3) is 6.08. The van der Waals surface area contributed by atoms with Gasteiger partial charge in [-0.15, -0.1) is 9.32 Å². The topological polar surface area (TPSA) is 36.7 Å². The minimum atomic E-state index is -0.149. The van der Waals surface area contributed by atoms with Gasteiger partial charge < -0.3 is 4.90 Å². The molecule has 5 rings (SSSR count). The Morgan fingerprint density at radius 3 is 2.51 bits per heavy atom. The van der Waals surface area contributed by atoms with Crippen LogP contribution < -0.4 is 10.4 Å². The van der Waals surface area contributed by atoms with Crippen molar-refractivity contribution < 1.29 is 13.9 Å². The van der Waals surface area contributed by atoms with Gasteiger partial charge in [-0.05, 0) is 73.4 Å². The minimum Gasteiger partial charge on any atom is -0.344 e. The van der Waals surface area contributed by atoms with Gasteiger partial charge in [0.15, 0.2) is 5.71 Å². The predicted molar refractivity (Wildman–Crippen MR) is 182 cm³/mol. The molecular formula is C37H48N3O2S+. The van der Waals surface area contributed by atoms with Crippen LogP contribution in [0.25, 0.3) is 10.8 Å². The van der Waals surface area contributed by atoms with Crippen LogP contribution in [0.2, 0.25) is 0 Å². The molecule has 1 N–H and O–H groups in total. The number of unbranched alkanes of at least 4 members (excludes halogenated alkanes) is 1. The fourth-order valence-corrected chi connectivity index (χ4v) is 7.17. The van der Waals surface area contributed by atoms with Crippen LogP contribution in [-0.2, 0) is 20.2 Å². The Bertz CT molecular complexity index is 1550. The fourth-order valence-electron chi connectivity index (χ4n) is 6.72. The molecule has 0 aliphatic carbocycles. The molecule has 0 spiro atoms. The lowest BCUT2D eigenvalue weighted by molar-refractivity contribution is -0.438. The van der Waals surface area contributed by atoms with E-state index in [1.54, 1.807) is 0 Å². The Hall–Kier alpha value is -2.90. The first-order valence-corrected chi connectivity index (χ1v) is 16.7. The van der Waals surface area contributed by atoms with Gasteiger partial charge in [0.1, 0.15) is 6.54 Å². The number of hydrogen-bond donors (Lipinski definition) is 1. The van der Waals surface area contributed by atoms with Crippen LogP contribution >= 0.6 is 12.0 Å². The van der Waals surface area contributed by atoms with E-state index in [0.29, 0.717) is 0 Å². The smallest absolute Gasteiger partial charge is 0.210 e. The molecule has 2 heterocycles. The van der Waals surface area contributed by atoms with E-state index in [1.807, 2.05) is 0 Å². The molecule has 0 fully saturated rings. The van der Waals surface area contributed by atoms with E-state index in [2.05, 4.69) is 136 Å². The molecule has 5 nitrogen and oxygen atoms in total. The van der Waals surface area contributed by atoms with Crippen LogP contribution in [0.5, 0.6) is 0 Å². The van der Waals surface area contributed by atoms with Crippen molar-refractivity contribution in [3.8, 4) is 0 Å². The van der Waals surface area contributed by atoms with Crippen molar-refractivity contribution in [2.24, 2.45) is 0 Å². The number of rotatable bonds is 13. The fraction of sp³-hybridized carbons (Fsp3) is 0.432. The zero-order chi connectivity index (χ0) is 30.6. The van der Waals surface area contributed by atoms with Crippen LogP contribution in [0.1, 0.15) is 85.3 Å². The number of nitrogens with zero attached hydrogens (tertiary/aromatic N) is 2. The SMILES string of the molecule is CCCC[N+]1=C(/C=C/C=C2\N(CCC)c3ccc(SOONCCC)cc3C2(C)C)C(C)(C)c2c1ccc1ccccc21. The van der Waals surface area contributed by atoms with Crippen molar-refractivity contribution in [2.45, 2.75) is 89.9 Å². The second-order valence-electron chi connectivity index (χ2n) is 12.7. The number of allylic oxidation sites excluding steroid dienone is 4. The highest BCUT2D eigenvalue weighted by atomic mass is 32.2. The maximum absolute atomic E-state index is 5.34. The molecule has 228 valence electrons. The van der Waals surface area contributed by atoms with Crippen LogP contribution in [-0.4, -0.2) is 29.9 Å². The average Bonchev–Trinajstić information content (AvgIpc) is 3.34. The Morgan fingerprint density at radius 1 is 0.930 bits per heavy atom. The van der Waals surface area contributed by atoms with Gasteiger partial charge in [-0.2, -0.15) is 10.1 Å². The average molecular weight is 599 g/mol. The van der Waals surface area contributed by atoms with E-state index < -0.39 is 0 Å². The van der Waals surface area contributed by atoms with E-state index in [-0.39, 0.29) is 10.8 Å². The normalized spacial score (nSPS) is 17.9. The van der Waals surface area contributed by atoms with Gasteiger partial charge in [-0.3, -0.25) is 0 Å². The number of anilines is 1. The first-order chi connectivity index (χ1) is 20.7. The number of nitrogens with one attached hydrogen (secondary N) is 1. The summed E-state index contributed by atoms with van der Waals surface area (Å²) in [6.45, 7) is 18.8. The number of hydrogen-bond acceptors (Lipinski definition) is 5. The number of benzene rings is 3. The second-order valence-corrected chi connectivity index (χ2v) is 13.5. The first-order valence-electron chi connectivity index (χ1n) is 16.0. The second kappa shape index (κ2) is 13.4. The molecular weight excluding hydrogens is 550 g/mol. The molecule has 3 aromatic carbocycles. The van der Waals surface area contributed by atoms with Crippen LogP contribution in [0.3, 0.4) is 0 Å². The van der Waals surface area contributed by atoms with Crippen LogP contribution in [0, 0.1) is 0 Å². The summed E-state index contributed by atoms with van der Waals surface area (Å²) >= 11 is 1.24. The predicted octanol–water partition coefficient (Wildman–Crippen LogP) is 9.53. The molecule has 0 radical (unpaired) electrons. The van der Waals surface area contributed by atoms with Crippen LogP contribution in [0.15, 0.2) is 83.4 Å². The number of fused-ring (bicyclic) bond motifs is 4. The maximum Gasteiger partial charge on any atom is 0.210 e. The summed E-state index contributed by atoms with van der Waals surface area (Å²) in [7, 11) is 0. The molecule has 3 aromatic rings. The standard InChI is InChI=1S/C37H48N3O2S/c1-8-11-25-40-32-21-19-27-15-12-13-16-29(27)35(32)37(6,7)34(40)18-14-17-33-36(4,5)30-26-28(43-42-41-38-23-9-2)20-22-31(30)39(33)24-10-3/h12-22,26,38H,8-11,23-25H2,1-7H3/q+1. The van der Waals surface area contributed by atoms with Crippen molar-refractivity contribution >= 4 is 39.9 Å². The van der Waals surface area contributed by atoms with Gasteiger partial charge in [0.05, 0.1) is 17.5 Å². The summed E-state index contributed by atoms with van der Waals surface area (Å²) in [5.74, 6) is 0. The van der Waals surface area contributed by atoms with Gasteiger partial charge in [0.2, 0.25) is 5.69 Å². The lowest BCUT2D eigenvalue weighted by Gasteiger charge is -2.26. The zero-order valence-electron chi connectivity index (χ0n) is 27.0. The minimum absolute atomic E-state index is 0.101. The van der Waals surface area contributed by atoms with Gasteiger partial charge in [-0.1, -0.05) is 71.4 Å². The molecule has 0 amide bonds. The Kier molecular flexibility index (Phi) is 9.82. The van der Waals surface area contributed by atoms with Crippen LogP contribution in [0.4, 0.5) is 11.4 Å². The summed E-state index contributed by atoms with van der Waals surface area (Å²) in [6, 6.07) is 20.0. The van der Waals surface area contributed by atoms with E-state index >= 15 is 0 Å². The molecule has 0 unspecified atom stereocenters. The highest BCUT2D eigenvalue weighted by Gasteiger charge is 2.45. The molecule has 0 atom stereocenters. The third-order valence-electron chi connectivity index (χ3n) is 8.88. The van der Waals surface area contributed by atoms with E-state index in [4.69, 9.17) is 9.32 Å². The summed E-state index contributed by atoms with van der Waals surface area (Å²) in [4.78, 5) is 8.63. The van der Waals surface area contributed by atoms with Gasteiger partial charge >= 0.3 is 0 Å². The molecule has 0 aromatic heterocycles. The van der Waals surface area contributed by atoms with Crippen molar-refractivity contribution in [3.63, 3.8) is 0 Å². The molecule has 0 saturated carbocycles.